The van der Waals surface area contributed by atoms with E-state index in [2.05, 4.69) is 17.2 Å². The monoisotopic (exact) mass is 352 g/mol. The van der Waals surface area contributed by atoms with Crippen molar-refractivity contribution >= 4 is 43.2 Å². The van der Waals surface area contributed by atoms with Crippen LogP contribution in [0.5, 0.6) is 0 Å². The Hall–Kier alpha value is -1.18. The van der Waals surface area contributed by atoms with Gasteiger partial charge in [0.25, 0.3) is 5.91 Å². The molecule has 2 aromatic heterocycles. The molecule has 0 spiro atoms. The fraction of sp³-hybridized carbons (Fsp3) is 0.625. The van der Waals surface area contributed by atoms with E-state index >= 15 is 0 Å². The molecule has 0 aliphatic carbocycles. The van der Waals surface area contributed by atoms with Crippen molar-refractivity contribution in [2.24, 2.45) is 5.92 Å². The molecule has 3 heterocycles. The summed E-state index contributed by atoms with van der Waals surface area (Å²) in [5, 5.41) is 4.40. The number of thiazole rings is 1. The Morgan fingerprint density at radius 2 is 2.13 bits per heavy atom. The molecule has 0 unspecified atom stereocenters. The van der Waals surface area contributed by atoms with Crippen molar-refractivity contribution in [1.29, 1.82) is 0 Å². The van der Waals surface area contributed by atoms with Gasteiger partial charge in [0, 0.05) is 27.2 Å². The van der Waals surface area contributed by atoms with Crippen molar-refractivity contribution < 1.29 is 4.79 Å². The van der Waals surface area contributed by atoms with E-state index in [0.29, 0.717) is 5.92 Å². The van der Waals surface area contributed by atoms with Crippen LogP contribution in [0.1, 0.15) is 29.4 Å². The minimum absolute atomic E-state index is 0.175. The first-order valence-corrected chi connectivity index (χ1v) is 9.79. The van der Waals surface area contributed by atoms with Crippen LogP contribution in [0.4, 0.5) is 5.13 Å². The minimum Gasteiger partial charge on any atom is -0.354 e. The zero-order valence-electron chi connectivity index (χ0n) is 14.0. The second-order valence-electron chi connectivity index (χ2n) is 6.21. The Morgan fingerprint density at radius 1 is 1.39 bits per heavy atom. The smallest absolute Gasteiger partial charge is 0.264 e. The van der Waals surface area contributed by atoms with Gasteiger partial charge in [-0.25, -0.2) is 4.98 Å². The molecule has 0 radical (unpaired) electrons. The van der Waals surface area contributed by atoms with Crippen molar-refractivity contribution in [3.05, 3.63) is 10.9 Å². The predicted octanol–water partition coefficient (Wildman–Crippen LogP) is 2.89. The Bertz CT molecular complexity index is 639. The third-order valence-electron chi connectivity index (χ3n) is 4.26. The molecule has 1 fully saturated rings. The minimum atomic E-state index is 0.175. The van der Waals surface area contributed by atoms with Crippen molar-refractivity contribution in [3.63, 3.8) is 0 Å². The highest BCUT2D eigenvalue weighted by molar-refractivity contribution is 7.29. The van der Waals surface area contributed by atoms with Crippen LogP contribution in [-0.4, -0.2) is 56.1 Å². The average molecular weight is 353 g/mol. The van der Waals surface area contributed by atoms with Crippen molar-refractivity contribution in [2.75, 3.05) is 45.2 Å². The van der Waals surface area contributed by atoms with Crippen molar-refractivity contribution in [3.8, 4) is 0 Å². The summed E-state index contributed by atoms with van der Waals surface area (Å²) in [6.07, 6.45) is 2.20. The molecule has 1 aliphatic rings. The van der Waals surface area contributed by atoms with E-state index < -0.39 is 0 Å². The van der Waals surface area contributed by atoms with Crippen LogP contribution in [-0.2, 0) is 0 Å². The molecule has 0 bridgehead atoms. The highest BCUT2D eigenvalue weighted by atomic mass is 32.1. The number of piperidine rings is 1. The lowest BCUT2D eigenvalue weighted by molar-refractivity contribution is 0.0695. The number of amides is 1. The van der Waals surface area contributed by atoms with Gasteiger partial charge in [0.2, 0.25) is 0 Å². The highest BCUT2D eigenvalue weighted by Gasteiger charge is 2.25. The summed E-state index contributed by atoms with van der Waals surface area (Å²) in [5.41, 5.74) is 0. The quantitative estimate of drug-likeness (QED) is 0.899. The van der Waals surface area contributed by atoms with Crippen molar-refractivity contribution in [2.45, 2.75) is 19.8 Å². The first-order valence-electron chi connectivity index (χ1n) is 8.16. The van der Waals surface area contributed by atoms with Gasteiger partial charge in [-0.05, 0) is 37.9 Å². The Labute approximate surface area is 145 Å². The van der Waals surface area contributed by atoms with E-state index in [9.17, 15) is 4.79 Å². The van der Waals surface area contributed by atoms with Gasteiger partial charge < -0.3 is 15.1 Å². The van der Waals surface area contributed by atoms with Crippen LogP contribution in [0.25, 0.3) is 9.53 Å². The topological polar surface area (TPSA) is 48.5 Å². The van der Waals surface area contributed by atoms with Gasteiger partial charge in [-0.3, -0.25) is 4.79 Å². The molecule has 1 amide bonds. The number of anilines is 1. The molecule has 0 atom stereocenters. The van der Waals surface area contributed by atoms with Crippen molar-refractivity contribution in [1.82, 2.24) is 15.2 Å². The summed E-state index contributed by atoms with van der Waals surface area (Å²) in [6.45, 7) is 5.97. The molecular weight excluding hydrogens is 328 g/mol. The second-order valence-corrected chi connectivity index (χ2v) is 8.25. The number of hydrogen-bond donors (Lipinski definition) is 1. The summed E-state index contributed by atoms with van der Waals surface area (Å²) in [5.74, 6) is 0.878. The molecule has 1 N–H and O–H groups in total. The Balaban J connectivity index is 1.63. The zero-order chi connectivity index (χ0) is 16.4. The number of nitrogens with one attached hydrogen (secondary N) is 1. The summed E-state index contributed by atoms with van der Waals surface area (Å²) in [4.78, 5) is 23.1. The molecule has 3 rings (SSSR count). The number of carbonyl (C=O) groups is 1. The fourth-order valence-electron chi connectivity index (χ4n) is 2.86. The number of carbonyl (C=O) groups excluding carboxylic acids is 1. The standard InChI is InChI=1S/C16H24N4OS2/c1-4-17-10-11-5-7-20(8-6-11)15(21)13-9-12-14(22-13)18-16(23-12)19(2)3/h9,11,17H,4-8,10H2,1-3H3. The number of hydrogen-bond acceptors (Lipinski definition) is 6. The lowest BCUT2D eigenvalue weighted by Crippen LogP contribution is -2.40. The molecule has 23 heavy (non-hydrogen) atoms. The fourth-order valence-corrected chi connectivity index (χ4v) is 4.97. The number of aromatic nitrogens is 1. The molecule has 1 saturated heterocycles. The summed E-state index contributed by atoms with van der Waals surface area (Å²) in [7, 11) is 3.98. The number of thiophene rings is 1. The van der Waals surface area contributed by atoms with Crippen LogP contribution >= 0.6 is 22.7 Å². The molecule has 0 saturated carbocycles. The zero-order valence-corrected chi connectivity index (χ0v) is 15.6. The maximum atomic E-state index is 12.7. The largest absolute Gasteiger partial charge is 0.354 e. The number of fused-ring (bicyclic) bond motifs is 1. The van der Waals surface area contributed by atoms with E-state index in [-0.39, 0.29) is 5.91 Å². The summed E-state index contributed by atoms with van der Waals surface area (Å²) in [6, 6.07) is 2.01. The average Bonchev–Trinajstić information content (AvgIpc) is 3.11. The lowest BCUT2D eigenvalue weighted by atomic mass is 9.96. The van der Waals surface area contributed by atoms with Gasteiger partial charge in [0.05, 0.1) is 9.58 Å². The van der Waals surface area contributed by atoms with Gasteiger partial charge in [-0.1, -0.05) is 18.3 Å². The van der Waals surface area contributed by atoms with E-state index in [0.717, 1.165) is 58.6 Å². The van der Waals surface area contributed by atoms with E-state index in [4.69, 9.17) is 0 Å². The van der Waals surface area contributed by atoms with E-state index in [1.807, 2.05) is 30.0 Å². The first kappa shape index (κ1) is 16.7. The lowest BCUT2D eigenvalue weighted by Gasteiger charge is -2.31. The third kappa shape index (κ3) is 3.67. The molecule has 2 aromatic rings. The Kier molecular flexibility index (Phi) is 5.18. The SMILES string of the molecule is CCNCC1CCN(C(=O)c2cc3sc(N(C)C)nc3s2)CC1. The molecule has 7 heteroatoms. The van der Waals surface area contributed by atoms with E-state index in [1.54, 1.807) is 11.3 Å². The van der Waals surface area contributed by atoms with Gasteiger partial charge >= 0.3 is 0 Å². The van der Waals surface area contributed by atoms with Gasteiger partial charge in [0.1, 0.15) is 4.83 Å². The maximum absolute atomic E-state index is 12.7. The first-order chi connectivity index (χ1) is 11.1. The Morgan fingerprint density at radius 3 is 2.74 bits per heavy atom. The van der Waals surface area contributed by atoms with Gasteiger partial charge in [0.15, 0.2) is 5.13 Å². The molecule has 5 nitrogen and oxygen atoms in total. The molecule has 1 aliphatic heterocycles. The van der Waals surface area contributed by atoms with Crippen LogP contribution in [0, 0.1) is 5.92 Å². The molecular formula is C16H24N4OS2. The number of nitrogens with zero attached hydrogens (tertiary/aromatic N) is 3. The van der Waals surface area contributed by atoms with Crippen LogP contribution in [0.3, 0.4) is 0 Å². The van der Waals surface area contributed by atoms with E-state index in [1.165, 1.54) is 11.3 Å². The van der Waals surface area contributed by atoms with Gasteiger partial charge in [-0.15, -0.1) is 11.3 Å². The predicted molar refractivity (Wildman–Crippen MR) is 99.0 cm³/mol. The van der Waals surface area contributed by atoms with Gasteiger partial charge in [-0.2, -0.15) is 0 Å². The second kappa shape index (κ2) is 7.15. The number of likely N-dealkylation sites (tertiary alicyclic amines) is 1. The summed E-state index contributed by atoms with van der Waals surface area (Å²) >= 11 is 3.17. The molecule has 126 valence electrons. The van der Waals surface area contributed by atoms with Crippen LogP contribution in [0.15, 0.2) is 6.07 Å². The normalized spacial score (nSPS) is 16.2. The summed E-state index contributed by atoms with van der Waals surface area (Å²) < 4.78 is 1.11. The van der Waals surface area contributed by atoms with Crippen LogP contribution < -0.4 is 10.2 Å². The third-order valence-corrected chi connectivity index (χ3v) is 6.57. The molecule has 0 aromatic carbocycles. The highest BCUT2D eigenvalue weighted by Crippen LogP contribution is 2.34. The van der Waals surface area contributed by atoms with Crippen LogP contribution in [0.2, 0.25) is 0 Å². The maximum Gasteiger partial charge on any atom is 0.264 e. The number of rotatable bonds is 5.